The van der Waals surface area contributed by atoms with Gasteiger partial charge >= 0.3 is 0 Å². The van der Waals surface area contributed by atoms with E-state index >= 15 is 0 Å². The first-order valence-electron chi connectivity index (χ1n) is 3.33. The van der Waals surface area contributed by atoms with E-state index in [9.17, 15) is 0 Å². The molecule has 0 aliphatic rings. The zero-order chi connectivity index (χ0) is 7.52. The van der Waals surface area contributed by atoms with E-state index in [1.807, 2.05) is 35.8 Å². The maximum Gasteiger partial charge on any atom is 0.123 e. The highest BCUT2D eigenvalue weighted by Gasteiger charge is 1.95. The molecule has 0 saturated heterocycles. The Bertz CT molecular complexity index is 313. The molecule has 1 heterocycles. The molecule has 0 aliphatic carbocycles. The lowest BCUT2D eigenvalue weighted by atomic mass is 10.2. The largest absolute Gasteiger partial charge is 0.245 e. The van der Waals surface area contributed by atoms with Crippen molar-refractivity contribution in [2.24, 2.45) is 0 Å². The summed E-state index contributed by atoms with van der Waals surface area (Å²) >= 11 is 1.65. The smallest absolute Gasteiger partial charge is 0.123 e. The number of thiazole rings is 1. The van der Waals surface area contributed by atoms with Crippen LogP contribution >= 0.6 is 11.3 Å². The van der Waals surface area contributed by atoms with Crippen LogP contribution in [0.4, 0.5) is 0 Å². The highest BCUT2D eigenvalue weighted by atomic mass is 32.1. The van der Waals surface area contributed by atoms with Crippen LogP contribution in [0.2, 0.25) is 0 Å². The summed E-state index contributed by atoms with van der Waals surface area (Å²) in [7, 11) is 0. The van der Waals surface area contributed by atoms with Gasteiger partial charge in [-0.2, -0.15) is 0 Å². The Morgan fingerprint density at radius 3 is 2.73 bits per heavy atom. The molecule has 0 spiro atoms. The minimum absolute atomic E-state index is 1.07. The van der Waals surface area contributed by atoms with Crippen LogP contribution in [-0.4, -0.2) is 4.98 Å². The van der Waals surface area contributed by atoms with Gasteiger partial charge in [-0.25, -0.2) is 4.98 Å². The zero-order valence-electron chi connectivity index (χ0n) is 5.82. The summed E-state index contributed by atoms with van der Waals surface area (Å²) in [5, 5.41) is 3.05. The molecule has 0 saturated carbocycles. The average molecular weight is 160 g/mol. The van der Waals surface area contributed by atoms with Crippen molar-refractivity contribution in [3.63, 3.8) is 0 Å². The highest BCUT2D eigenvalue weighted by molar-refractivity contribution is 7.13. The van der Waals surface area contributed by atoms with Crippen LogP contribution in [0.1, 0.15) is 0 Å². The van der Waals surface area contributed by atoms with Gasteiger partial charge in [-0.15, -0.1) is 11.3 Å². The molecule has 0 aliphatic heterocycles. The molecule has 1 aromatic carbocycles. The summed E-state index contributed by atoms with van der Waals surface area (Å²) in [5.74, 6) is 0. The molecule has 1 radical (unpaired) electrons. The molecule has 1 nitrogen and oxygen atoms in total. The fourth-order valence-corrected chi connectivity index (χ4v) is 1.54. The van der Waals surface area contributed by atoms with Crippen molar-refractivity contribution >= 4 is 11.3 Å². The normalized spacial score (nSPS) is 9.82. The summed E-state index contributed by atoms with van der Waals surface area (Å²) < 4.78 is 0. The molecule has 0 unspecified atom stereocenters. The second-order valence-electron chi connectivity index (χ2n) is 2.13. The van der Waals surface area contributed by atoms with Gasteiger partial charge in [0.15, 0.2) is 0 Å². The topological polar surface area (TPSA) is 12.9 Å². The van der Waals surface area contributed by atoms with Gasteiger partial charge in [0.05, 0.1) is 0 Å². The van der Waals surface area contributed by atoms with E-state index in [4.69, 9.17) is 0 Å². The van der Waals surface area contributed by atoms with E-state index < -0.39 is 0 Å². The lowest BCUT2D eigenvalue weighted by molar-refractivity contribution is 1.41. The Kier molecular flexibility index (Phi) is 1.69. The van der Waals surface area contributed by atoms with Gasteiger partial charge in [0, 0.05) is 17.1 Å². The predicted octanol–water partition coefficient (Wildman–Crippen LogP) is 2.61. The number of hydrogen-bond acceptors (Lipinski definition) is 2. The number of hydrogen-bond donors (Lipinski definition) is 0. The Morgan fingerprint density at radius 1 is 1.27 bits per heavy atom. The van der Waals surface area contributed by atoms with Crippen LogP contribution in [0.25, 0.3) is 10.6 Å². The van der Waals surface area contributed by atoms with Crippen molar-refractivity contribution in [1.29, 1.82) is 0 Å². The summed E-state index contributed by atoms with van der Waals surface area (Å²) in [6.45, 7) is 0. The Balaban J connectivity index is 2.46. The van der Waals surface area contributed by atoms with Crippen LogP contribution in [0.5, 0.6) is 0 Å². The quantitative estimate of drug-likeness (QED) is 0.625. The van der Waals surface area contributed by atoms with E-state index in [1.165, 1.54) is 5.56 Å². The molecule has 11 heavy (non-hydrogen) atoms. The molecule has 2 aromatic rings. The molecule has 0 bridgehead atoms. The molecule has 0 N–H and O–H groups in total. The van der Waals surface area contributed by atoms with Gasteiger partial charge in [-0.3, -0.25) is 0 Å². The zero-order valence-corrected chi connectivity index (χ0v) is 6.64. The molecule has 2 heteroatoms. The SMILES string of the molecule is [c]1ccc(-c2nccs2)cc1. The fraction of sp³-hybridized carbons (Fsp3) is 0. The van der Waals surface area contributed by atoms with Gasteiger partial charge in [0.2, 0.25) is 0 Å². The van der Waals surface area contributed by atoms with Crippen molar-refractivity contribution in [2.75, 3.05) is 0 Å². The van der Waals surface area contributed by atoms with E-state index in [1.54, 1.807) is 11.3 Å². The minimum Gasteiger partial charge on any atom is -0.245 e. The van der Waals surface area contributed by atoms with Crippen molar-refractivity contribution in [1.82, 2.24) is 4.98 Å². The van der Waals surface area contributed by atoms with Crippen LogP contribution in [0.15, 0.2) is 35.8 Å². The lowest BCUT2D eigenvalue weighted by Crippen LogP contribution is -1.71. The summed E-state index contributed by atoms with van der Waals surface area (Å²) in [5.41, 5.74) is 1.17. The summed E-state index contributed by atoms with van der Waals surface area (Å²) in [6, 6.07) is 10.8. The van der Waals surface area contributed by atoms with Crippen LogP contribution in [0, 0.1) is 6.07 Å². The minimum atomic E-state index is 1.07. The predicted molar refractivity (Wildman–Crippen MR) is 46.4 cm³/mol. The Labute approximate surface area is 69.3 Å². The molecule has 0 atom stereocenters. The molecular weight excluding hydrogens is 154 g/mol. The van der Waals surface area contributed by atoms with E-state index in [0.717, 1.165) is 5.01 Å². The van der Waals surface area contributed by atoms with Gasteiger partial charge in [-0.05, 0) is 6.07 Å². The van der Waals surface area contributed by atoms with Crippen LogP contribution in [-0.2, 0) is 0 Å². The first-order valence-corrected chi connectivity index (χ1v) is 4.21. The maximum absolute atomic E-state index is 4.19. The van der Waals surface area contributed by atoms with Gasteiger partial charge in [0.25, 0.3) is 0 Å². The molecule has 0 amide bonds. The number of rotatable bonds is 1. The maximum atomic E-state index is 4.19. The molecular formula is C9H6NS. The summed E-state index contributed by atoms with van der Waals surface area (Å²) in [4.78, 5) is 4.19. The highest BCUT2D eigenvalue weighted by Crippen LogP contribution is 2.20. The number of benzene rings is 1. The third-order valence-electron chi connectivity index (χ3n) is 1.40. The molecule has 1 aromatic heterocycles. The second-order valence-corrected chi connectivity index (χ2v) is 3.02. The number of aromatic nitrogens is 1. The third-order valence-corrected chi connectivity index (χ3v) is 2.22. The Hall–Kier alpha value is -1.15. The fourth-order valence-electron chi connectivity index (χ4n) is 0.895. The Morgan fingerprint density at radius 2 is 2.09 bits per heavy atom. The lowest BCUT2D eigenvalue weighted by Gasteiger charge is -1.91. The average Bonchev–Trinajstić information content (AvgIpc) is 2.58. The van der Waals surface area contributed by atoms with E-state index in [2.05, 4.69) is 11.1 Å². The van der Waals surface area contributed by atoms with E-state index in [-0.39, 0.29) is 0 Å². The van der Waals surface area contributed by atoms with Gasteiger partial charge in [0.1, 0.15) is 5.01 Å². The van der Waals surface area contributed by atoms with Gasteiger partial charge in [-0.1, -0.05) is 24.3 Å². The summed E-state index contributed by atoms with van der Waals surface area (Å²) in [6.07, 6.45) is 1.82. The first kappa shape index (κ1) is 6.55. The van der Waals surface area contributed by atoms with Crippen molar-refractivity contribution in [2.45, 2.75) is 0 Å². The molecule has 53 valence electrons. The van der Waals surface area contributed by atoms with Crippen LogP contribution in [0.3, 0.4) is 0 Å². The van der Waals surface area contributed by atoms with Crippen molar-refractivity contribution in [3.8, 4) is 10.6 Å². The van der Waals surface area contributed by atoms with Crippen molar-refractivity contribution < 1.29 is 0 Å². The third kappa shape index (κ3) is 1.30. The van der Waals surface area contributed by atoms with Crippen molar-refractivity contribution in [3.05, 3.63) is 41.9 Å². The first-order chi connectivity index (χ1) is 5.47. The molecule has 2 rings (SSSR count). The monoisotopic (exact) mass is 160 g/mol. The van der Waals surface area contributed by atoms with E-state index in [0.29, 0.717) is 0 Å². The molecule has 0 fully saturated rings. The van der Waals surface area contributed by atoms with Crippen LogP contribution < -0.4 is 0 Å². The van der Waals surface area contributed by atoms with Gasteiger partial charge < -0.3 is 0 Å². The second kappa shape index (κ2) is 2.84. The number of nitrogens with zero attached hydrogens (tertiary/aromatic N) is 1. The standard InChI is InChI=1S/C9H6NS/c1-2-4-8(5-3-1)9-10-6-7-11-9/h2-7H.